The minimum atomic E-state index is -2.99. The molecule has 7 nitrogen and oxygen atoms in total. The molecule has 1 aromatic heterocycles. The number of halogens is 2. The fourth-order valence-electron chi connectivity index (χ4n) is 2.33. The maximum Gasteiger partial charge on any atom is 0.346 e. The third-order valence-electron chi connectivity index (χ3n) is 3.48. The highest BCUT2D eigenvalue weighted by atomic mass is 19.3. The second-order valence-corrected chi connectivity index (χ2v) is 4.64. The highest BCUT2D eigenvalue weighted by Gasteiger charge is 2.57. The van der Waals surface area contributed by atoms with Crippen molar-refractivity contribution in [3.63, 3.8) is 0 Å². The Morgan fingerprint density at radius 2 is 2.33 bits per heavy atom. The number of nitrogens with two attached hydrogens (primary N) is 1. The van der Waals surface area contributed by atoms with Gasteiger partial charge in [-0.2, -0.15) is 0 Å². The van der Waals surface area contributed by atoms with Crippen LogP contribution in [0.2, 0.25) is 0 Å². The maximum absolute atomic E-state index is 13.2. The summed E-state index contributed by atoms with van der Waals surface area (Å²) < 4.78 is 31.7. The lowest BCUT2D eigenvalue weighted by atomic mass is 9.87. The number of terminal acetylenes is 1. The number of rotatable bonds is 3. The van der Waals surface area contributed by atoms with Gasteiger partial charge in [-0.3, -0.25) is 4.98 Å². The Hall–Kier alpha value is -2.02. The first-order valence-electron chi connectivity index (χ1n) is 5.93. The van der Waals surface area contributed by atoms with Gasteiger partial charge >= 0.3 is 5.69 Å². The molecule has 0 radical (unpaired) electrons. The quantitative estimate of drug-likeness (QED) is 0.533. The zero-order valence-corrected chi connectivity index (χ0v) is 10.7. The van der Waals surface area contributed by atoms with Crippen LogP contribution < -0.4 is 11.4 Å². The molecule has 1 aliphatic rings. The zero-order valence-electron chi connectivity index (χ0n) is 10.7. The number of nitrogens with one attached hydrogen (secondary N) is 1. The van der Waals surface area contributed by atoms with Gasteiger partial charge in [-0.15, -0.1) is 6.42 Å². The topological polar surface area (TPSA) is 121 Å². The van der Waals surface area contributed by atoms with E-state index >= 15 is 0 Å². The summed E-state index contributed by atoms with van der Waals surface area (Å²) in [6, 6.07) is 0. The van der Waals surface area contributed by atoms with Crippen LogP contribution in [0, 0.1) is 18.3 Å². The fourth-order valence-corrected chi connectivity index (χ4v) is 2.33. The molecule has 1 saturated heterocycles. The van der Waals surface area contributed by atoms with Gasteiger partial charge in [0.25, 0.3) is 0 Å². The number of hydrogen-bond acceptors (Lipinski definition) is 6. The number of hydrogen-bond donors (Lipinski definition) is 4. The molecule has 0 amide bonds. The van der Waals surface area contributed by atoms with E-state index in [1.54, 1.807) is 0 Å². The van der Waals surface area contributed by atoms with Crippen molar-refractivity contribution in [3.8, 4) is 12.3 Å². The number of aliphatic hydroxyl groups is 2. The Morgan fingerprint density at radius 3 is 2.81 bits per heavy atom. The molecule has 114 valence electrons. The number of H-pyrrole nitrogens is 1. The molecule has 1 aromatic rings. The summed E-state index contributed by atoms with van der Waals surface area (Å²) in [7, 11) is 0. The van der Waals surface area contributed by atoms with Crippen molar-refractivity contribution in [2.75, 3.05) is 12.3 Å². The molecule has 2 rings (SSSR count). The average molecular weight is 301 g/mol. The largest absolute Gasteiger partial charge is 0.392 e. The smallest absolute Gasteiger partial charge is 0.346 e. The molecule has 0 aliphatic carbocycles. The Morgan fingerprint density at radius 1 is 1.67 bits per heavy atom. The number of aromatic amines is 1. The summed E-state index contributed by atoms with van der Waals surface area (Å²) >= 11 is 0. The summed E-state index contributed by atoms with van der Waals surface area (Å²) in [5, 5.41) is 19.3. The molecule has 0 bridgehead atoms. The lowest BCUT2D eigenvalue weighted by molar-refractivity contribution is -0.0720. The van der Waals surface area contributed by atoms with Gasteiger partial charge in [0.2, 0.25) is 6.43 Å². The van der Waals surface area contributed by atoms with E-state index in [9.17, 15) is 23.8 Å². The number of aromatic nitrogens is 2. The molecule has 0 aromatic carbocycles. The van der Waals surface area contributed by atoms with E-state index < -0.39 is 42.4 Å². The van der Waals surface area contributed by atoms with E-state index in [0.717, 1.165) is 6.20 Å². The molecule has 0 spiro atoms. The van der Waals surface area contributed by atoms with Crippen LogP contribution in [0.3, 0.4) is 0 Å². The first-order valence-corrected chi connectivity index (χ1v) is 5.93. The summed E-state index contributed by atoms with van der Waals surface area (Å²) in [5.41, 5.74) is 2.81. The number of ether oxygens (including phenoxy) is 1. The van der Waals surface area contributed by atoms with Gasteiger partial charge in [-0.25, -0.2) is 18.6 Å². The monoisotopic (exact) mass is 301 g/mol. The number of aliphatic hydroxyl groups excluding tert-OH is 2. The van der Waals surface area contributed by atoms with Crippen LogP contribution in [0.1, 0.15) is 11.7 Å². The molecule has 2 heterocycles. The van der Waals surface area contributed by atoms with Crippen LogP contribution in [-0.2, 0) is 4.74 Å². The van der Waals surface area contributed by atoms with Crippen molar-refractivity contribution in [2.45, 2.75) is 24.2 Å². The molecule has 21 heavy (non-hydrogen) atoms. The van der Waals surface area contributed by atoms with Crippen LogP contribution in [0.5, 0.6) is 0 Å². The van der Waals surface area contributed by atoms with E-state index in [2.05, 4.69) is 9.97 Å². The summed E-state index contributed by atoms with van der Waals surface area (Å²) in [6.45, 7) is -0.846. The number of nitrogens with zero attached hydrogens (tertiary/aromatic N) is 1. The Bertz CT molecular complexity index is 630. The van der Waals surface area contributed by atoms with Crippen molar-refractivity contribution in [3.05, 3.63) is 22.2 Å². The van der Waals surface area contributed by atoms with Gasteiger partial charge < -0.3 is 20.7 Å². The lowest BCUT2D eigenvalue weighted by Crippen LogP contribution is -2.44. The predicted molar refractivity (Wildman–Crippen MR) is 67.2 cm³/mol. The third-order valence-corrected chi connectivity index (χ3v) is 3.48. The van der Waals surface area contributed by atoms with Gasteiger partial charge in [0, 0.05) is 11.8 Å². The summed E-state index contributed by atoms with van der Waals surface area (Å²) in [5.74, 6) is 0.0655. The van der Waals surface area contributed by atoms with Crippen LogP contribution in [0.4, 0.5) is 14.6 Å². The van der Waals surface area contributed by atoms with Crippen LogP contribution >= 0.6 is 0 Å². The minimum absolute atomic E-state index is 0.0375. The molecule has 0 unspecified atom stereocenters. The first kappa shape index (κ1) is 15.4. The predicted octanol–water partition coefficient (Wildman–Crippen LogP) is -0.970. The van der Waals surface area contributed by atoms with E-state index in [1.165, 1.54) is 0 Å². The van der Waals surface area contributed by atoms with Gasteiger partial charge in [-0.1, -0.05) is 5.92 Å². The van der Waals surface area contributed by atoms with Crippen molar-refractivity contribution < 1.29 is 23.7 Å². The van der Waals surface area contributed by atoms with Crippen molar-refractivity contribution in [2.24, 2.45) is 5.92 Å². The normalized spacial score (nSPS) is 32.3. The number of anilines is 1. The van der Waals surface area contributed by atoms with E-state index in [-0.39, 0.29) is 11.4 Å². The number of alkyl halides is 2. The molecule has 4 atom stereocenters. The molecule has 1 aliphatic heterocycles. The van der Waals surface area contributed by atoms with Gasteiger partial charge in [0.1, 0.15) is 18.0 Å². The zero-order chi connectivity index (χ0) is 15.8. The molecule has 0 saturated carbocycles. The van der Waals surface area contributed by atoms with Gasteiger partial charge in [0.05, 0.1) is 12.5 Å². The SMILES string of the molecule is C#C[C@]1(CO)O[C@@H](c2cnc(=O)[nH]c2N)[C@@H](C(F)F)[C@@H]1O. The Labute approximate surface area is 117 Å². The van der Waals surface area contributed by atoms with E-state index in [1.807, 2.05) is 5.92 Å². The highest BCUT2D eigenvalue weighted by molar-refractivity contribution is 5.40. The summed E-state index contributed by atoms with van der Waals surface area (Å²) in [6.07, 6.45) is -0.0325. The Balaban J connectivity index is 2.51. The molecule has 1 fully saturated rings. The van der Waals surface area contributed by atoms with E-state index in [0.29, 0.717) is 0 Å². The fraction of sp³-hybridized carbons (Fsp3) is 0.500. The lowest BCUT2D eigenvalue weighted by Gasteiger charge is -2.24. The molecular formula is C12H13F2N3O4. The highest BCUT2D eigenvalue weighted by Crippen LogP contribution is 2.47. The average Bonchev–Trinajstić information content (AvgIpc) is 2.72. The van der Waals surface area contributed by atoms with Crippen LogP contribution in [-0.4, -0.2) is 44.9 Å². The van der Waals surface area contributed by atoms with Gasteiger partial charge in [0.15, 0.2) is 5.60 Å². The van der Waals surface area contributed by atoms with Crippen molar-refractivity contribution in [1.29, 1.82) is 0 Å². The van der Waals surface area contributed by atoms with Crippen molar-refractivity contribution >= 4 is 5.82 Å². The molecular weight excluding hydrogens is 288 g/mol. The third kappa shape index (κ3) is 2.37. The van der Waals surface area contributed by atoms with Crippen LogP contribution in [0.15, 0.2) is 11.0 Å². The number of nitrogen functional groups attached to an aromatic ring is 1. The Kier molecular flexibility index (Phi) is 3.95. The molecule has 5 N–H and O–H groups in total. The van der Waals surface area contributed by atoms with Gasteiger partial charge in [-0.05, 0) is 0 Å². The van der Waals surface area contributed by atoms with Crippen LogP contribution in [0.25, 0.3) is 0 Å². The minimum Gasteiger partial charge on any atom is -0.392 e. The molecule has 9 heteroatoms. The first-order chi connectivity index (χ1) is 9.86. The second kappa shape index (κ2) is 5.40. The second-order valence-electron chi connectivity index (χ2n) is 4.64. The van der Waals surface area contributed by atoms with E-state index in [4.69, 9.17) is 16.9 Å². The standard InChI is InChI=1S/C12H13F2N3O4/c1-2-12(4-18)8(19)6(9(13)14)7(21-12)5-3-16-11(20)17-10(5)15/h1,3,6-9,18-19H,4H2,(H3,15,16,17,20)/t6-,7+,8+,12-/m1/s1. The van der Waals surface area contributed by atoms with Crippen molar-refractivity contribution in [1.82, 2.24) is 9.97 Å². The summed E-state index contributed by atoms with van der Waals surface area (Å²) in [4.78, 5) is 16.6. The maximum atomic E-state index is 13.2.